The molecule has 21 heavy (non-hydrogen) atoms. The van der Waals surface area contributed by atoms with Crippen LogP contribution in [-0.4, -0.2) is 25.0 Å². The van der Waals surface area contributed by atoms with Crippen molar-refractivity contribution < 1.29 is 0 Å². The van der Waals surface area contributed by atoms with Gasteiger partial charge in [0.25, 0.3) is 0 Å². The lowest BCUT2D eigenvalue weighted by atomic mass is 9.69. The van der Waals surface area contributed by atoms with Crippen molar-refractivity contribution in [3.05, 3.63) is 41.3 Å². The van der Waals surface area contributed by atoms with Gasteiger partial charge in [-0.05, 0) is 80.7 Å². The molecule has 1 nitrogen and oxygen atoms in total. The van der Waals surface area contributed by atoms with Crippen molar-refractivity contribution in [3.63, 3.8) is 0 Å². The number of likely N-dealkylation sites (tertiary alicyclic amines) is 1. The Balaban J connectivity index is 1.56. The van der Waals surface area contributed by atoms with Crippen LogP contribution in [0.2, 0.25) is 0 Å². The molecular formula is C19H23NS. The van der Waals surface area contributed by atoms with Crippen molar-refractivity contribution in [2.75, 3.05) is 20.1 Å². The van der Waals surface area contributed by atoms with Crippen LogP contribution in [-0.2, 0) is 0 Å². The van der Waals surface area contributed by atoms with Gasteiger partial charge in [-0.1, -0.05) is 24.3 Å². The van der Waals surface area contributed by atoms with E-state index >= 15 is 0 Å². The number of allylic oxidation sites excluding steroid dienone is 2. The molecule has 1 fully saturated rings. The summed E-state index contributed by atoms with van der Waals surface area (Å²) < 4.78 is 1.42. The fourth-order valence-electron chi connectivity index (χ4n) is 3.85. The largest absolute Gasteiger partial charge is 0.306 e. The molecule has 1 spiro atoms. The summed E-state index contributed by atoms with van der Waals surface area (Å²) >= 11 is 1.96. The van der Waals surface area contributed by atoms with Gasteiger partial charge in [-0.2, -0.15) is 0 Å². The second-order valence-electron chi connectivity index (χ2n) is 6.89. The second-order valence-corrected chi connectivity index (χ2v) is 7.97. The maximum absolute atomic E-state index is 2.56. The average molecular weight is 297 g/mol. The lowest BCUT2D eigenvalue weighted by Crippen LogP contribution is -2.38. The highest BCUT2D eigenvalue weighted by atomic mass is 32.1. The molecule has 1 aromatic carbocycles. The van der Waals surface area contributed by atoms with Crippen molar-refractivity contribution in [1.82, 2.24) is 4.90 Å². The fraction of sp³-hybridized carbons (Fsp3) is 0.474. The minimum atomic E-state index is 0.618. The lowest BCUT2D eigenvalue weighted by molar-refractivity contribution is 0.113. The van der Waals surface area contributed by atoms with Crippen LogP contribution < -0.4 is 0 Å². The molecule has 2 aliphatic rings. The van der Waals surface area contributed by atoms with Gasteiger partial charge in [0.2, 0.25) is 0 Å². The van der Waals surface area contributed by atoms with E-state index in [1.807, 2.05) is 11.3 Å². The summed E-state index contributed by atoms with van der Waals surface area (Å²) in [7, 11) is 2.26. The Labute approximate surface area is 131 Å². The topological polar surface area (TPSA) is 3.24 Å². The molecule has 110 valence electrons. The third kappa shape index (κ3) is 2.56. The standard InChI is InChI=1S/C19H23NS/c1-20-12-10-19(11-13-20)8-6-15(7-9-19)18-14-16-4-2-3-5-17(16)21-18/h2-6,14H,7-13H2,1H3. The molecule has 4 rings (SSSR count). The first-order chi connectivity index (χ1) is 10.2. The summed E-state index contributed by atoms with van der Waals surface area (Å²) in [6, 6.07) is 11.1. The predicted molar refractivity (Wildman–Crippen MR) is 92.8 cm³/mol. The van der Waals surface area contributed by atoms with Crippen LogP contribution in [0.25, 0.3) is 15.7 Å². The predicted octanol–water partition coefficient (Wildman–Crippen LogP) is 5.18. The fourth-order valence-corrected chi connectivity index (χ4v) is 4.99. The molecule has 0 amide bonds. The van der Waals surface area contributed by atoms with Crippen molar-refractivity contribution in [2.45, 2.75) is 32.1 Å². The maximum atomic E-state index is 2.56. The van der Waals surface area contributed by atoms with E-state index in [2.05, 4.69) is 48.4 Å². The number of hydrogen-bond donors (Lipinski definition) is 0. The van der Waals surface area contributed by atoms with Gasteiger partial charge in [0.05, 0.1) is 0 Å². The molecule has 0 atom stereocenters. The van der Waals surface area contributed by atoms with Crippen molar-refractivity contribution in [3.8, 4) is 0 Å². The van der Waals surface area contributed by atoms with Gasteiger partial charge in [-0.3, -0.25) is 0 Å². The molecule has 0 saturated carbocycles. The second kappa shape index (κ2) is 5.26. The third-order valence-electron chi connectivity index (χ3n) is 5.50. The highest BCUT2D eigenvalue weighted by Gasteiger charge is 2.34. The molecule has 0 radical (unpaired) electrons. The molecular weight excluding hydrogens is 274 g/mol. The number of nitrogens with zero attached hydrogens (tertiary/aromatic N) is 1. The van der Waals surface area contributed by atoms with Crippen LogP contribution in [0.4, 0.5) is 0 Å². The van der Waals surface area contributed by atoms with Crippen molar-refractivity contribution in [1.29, 1.82) is 0 Å². The zero-order valence-corrected chi connectivity index (χ0v) is 13.6. The third-order valence-corrected chi connectivity index (χ3v) is 6.69. The van der Waals surface area contributed by atoms with Crippen LogP contribution in [0.1, 0.15) is 37.0 Å². The van der Waals surface area contributed by atoms with E-state index < -0.39 is 0 Å². The van der Waals surface area contributed by atoms with Crippen LogP contribution in [0.15, 0.2) is 36.4 Å². The molecule has 1 aromatic heterocycles. The van der Waals surface area contributed by atoms with Gasteiger partial charge in [0.15, 0.2) is 0 Å². The highest BCUT2D eigenvalue weighted by Crippen LogP contribution is 2.46. The van der Waals surface area contributed by atoms with Crippen LogP contribution in [0, 0.1) is 5.41 Å². The van der Waals surface area contributed by atoms with E-state index in [9.17, 15) is 0 Å². The molecule has 0 bridgehead atoms. The first-order valence-corrected chi connectivity index (χ1v) is 8.92. The van der Waals surface area contributed by atoms with Crippen LogP contribution >= 0.6 is 11.3 Å². The minimum Gasteiger partial charge on any atom is -0.306 e. The number of benzene rings is 1. The van der Waals surface area contributed by atoms with Gasteiger partial charge in [0.1, 0.15) is 0 Å². The number of hydrogen-bond acceptors (Lipinski definition) is 2. The Morgan fingerprint density at radius 2 is 1.90 bits per heavy atom. The minimum absolute atomic E-state index is 0.618. The van der Waals surface area contributed by atoms with E-state index in [0.717, 1.165) is 0 Å². The molecule has 2 heteroatoms. The van der Waals surface area contributed by atoms with Crippen molar-refractivity contribution in [2.24, 2.45) is 5.41 Å². The van der Waals surface area contributed by atoms with Gasteiger partial charge >= 0.3 is 0 Å². The Hall–Kier alpha value is -1.12. The number of piperidine rings is 1. The monoisotopic (exact) mass is 297 g/mol. The highest BCUT2D eigenvalue weighted by molar-refractivity contribution is 7.20. The van der Waals surface area contributed by atoms with E-state index in [-0.39, 0.29) is 0 Å². The van der Waals surface area contributed by atoms with Gasteiger partial charge in [0, 0.05) is 9.58 Å². The number of rotatable bonds is 1. The SMILES string of the molecule is CN1CCC2(CC=C(c3cc4ccccc4s3)CC2)CC1. The summed E-state index contributed by atoms with van der Waals surface area (Å²) in [5.74, 6) is 0. The Bertz CT molecular complexity index is 641. The molecule has 2 heterocycles. The molecule has 0 unspecified atom stereocenters. The van der Waals surface area contributed by atoms with Crippen molar-refractivity contribution >= 4 is 27.0 Å². The molecule has 1 aliphatic carbocycles. The summed E-state index contributed by atoms with van der Waals surface area (Å²) in [6.45, 7) is 2.57. The van der Waals surface area contributed by atoms with Crippen LogP contribution in [0.5, 0.6) is 0 Å². The molecule has 0 N–H and O–H groups in total. The maximum Gasteiger partial charge on any atom is 0.0349 e. The Kier molecular flexibility index (Phi) is 3.39. The Morgan fingerprint density at radius 3 is 2.62 bits per heavy atom. The molecule has 1 aliphatic heterocycles. The lowest BCUT2D eigenvalue weighted by Gasteiger charge is -2.42. The van der Waals surface area contributed by atoms with Gasteiger partial charge in [-0.15, -0.1) is 11.3 Å². The van der Waals surface area contributed by atoms with E-state index in [4.69, 9.17) is 0 Å². The van der Waals surface area contributed by atoms with E-state index in [1.54, 1.807) is 5.57 Å². The number of thiophene rings is 1. The smallest absolute Gasteiger partial charge is 0.0349 e. The summed E-state index contributed by atoms with van der Waals surface area (Å²) in [5, 5.41) is 1.40. The summed E-state index contributed by atoms with van der Waals surface area (Å²) in [5.41, 5.74) is 2.22. The number of fused-ring (bicyclic) bond motifs is 1. The quantitative estimate of drug-likeness (QED) is 0.701. The zero-order valence-electron chi connectivity index (χ0n) is 12.8. The molecule has 1 saturated heterocycles. The van der Waals surface area contributed by atoms with Gasteiger partial charge < -0.3 is 4.90 Å². The van der Waals surface area contributed by atoms with E-state index in [0.29, 0.717) is 5.41 Å². The van der Waals surface area contributed by atoms with E-state index in [1.165, 1.54) is 60.2 Å². The summed E-state index contributed by atoms with van der Waals surface area (Å²) in [6.07, 6.45) is 9.29. The Morgan fingerprint density at radius 1 is 1.10 bits per heavy atom. The normalized spacial score (nSPS) is 22.6. The zero-order chi connectivity index (χ0) is 14.3. The summed E-state index contributed by atoms with van der Waals surface area (Å²) in [4.78, 5) is 3.98. The molecule has 2 aromatic rings. The first-order valence-electron chi connectivity index (χ1n) is 8.11. The average Bonchev–Trinajstić information content (AvgIpc) is 2.95. The first kappa shape index (κ1) is 13.5. The van der Waals surface area contributed by atoms with Crippen LogP contribution in [0.3, 0.4) is 0 Å². The van der Waals surface area contributed by atoms with Gasteiger partial charge in [-0.25, -0.2) is 0 Å².